The zero-order valence-corrected chi connectivity index (χ0v) is 13.3. The number of amides is 1. The molecule has 0 aromatic heterocycles. The van der Waals surface area contributed by atoms with Crippen molar-refractivity contribution in [1.29, 1.82) is 0 Å². The summed E-state index contributed by atoms with van der Waals surface area (Å²) in [5.74, 6) is -0.135. The molecule has 0 spiro atoms. The Labute approximate surface area is 136 Å². The fraction of sp³-hybridized carbons (Fsp3) is 0.263. The highest BCUT2D eigenvalue weighted by molar-refractivity contribution is 6.03. The average Bonchev–Trinajstić information content (AvgIpc) is 2.59. The minimum Gasteiger partial charge on any atom is -0.376 e. The van der Waals surface area contributed by atoms with Gasteiger partial charge in [0.2, 0.25) is 0 Å². The summed E-state index contributed by atoms with van der Waals surface area (Å²) in [6, 6.07) is 16.2. The first-order valence-corrected chi connectivity index (χ1v) is 7.97. The van der Waals surface area contributed by atoms with Crippen molar-refractivity contribution in [2.45, 2.75) is 26.2 Å². The first-order valence-electron chi connectivity index (χ1n) is 7.97. The van der Waals surface area contributed by atoms with Crippen LogP contribution in [0.5, 0.6) is 0 Å². The van der Waals surface area contributed by atoms with E-state index in [1.54, 1.807) is 0 Å². The molecule has 0 saturated heterocycles. The maximum Gasteiger partial charge on any atom is 0.259 e. The smallest absolute Gasteiger partial charge is 0.259 e. The highest BCUT2D eigenvalue weighted by Crippen LogP contribution is 2.21. The number of carbonyl (C=O) groups is 1. The fourth-order valence-corrected chi connectivity index (χ4v) is 2.83. The lowest BCUT2D eigenvalue weighted by Gasteiger charge is -2.17. The number of hydrazone groups is 1. The number of fused-ring (bicyclic) bond motifs is 1. The van der Waals surface area contributed by atoms with Gasteiger partial charge >= 0.3 is 0 Å². The van der Waals surface area contributed by atoms with Crippen molar-refractivity contribution in [1.82, 2.24) is 5.43 Å². The van der Waals surface area contributed by atoms with Gasteiger partial charge in [0.25, 0.3) is 5.91 Å². The van der Waals surface area contributed by atoms with E-state index in [-0.39, 0.29) is 12.5 Å². The first-order chi connectivity index (χ1) is 11.2. The molecule has 23 heavy (non-hydrogen) atoms. The molecule has 4 heteroatoms. The molecule has 3 rings (SSSR count). The molecule has 0 heterocycles. The minimum absolute atomic E-state index is 0.135. The van der Waals surface area contributed by atoms with E-state index >= 15 is 0 Å². The van der Waals surface area contributed by atoms with Crippen LogP contribution >= 0.6 is 0 Å². The van der Waals surface area contributed by atoms with Gasteiger partial charge in [-0.3, -0.25) is 4.79 Å². The van der Waals surface area contributed by atoms with Gasteiger partial charge in [-0.05, 0) is 43.4 Å². The lowest BCUT2D eigenvalue weighted by molar-refractivity contribution is -0.119. The second kappa shape index (κ2) is 7.09. The molecule has 0 radical (unpaired) electrons. The summed E-state index contributed by atoms with van der Waals surface area (Å²) in [5, 5.41) is 7.47. The third-order valence-corrected chi connectivity index (χ3v) is 4.09. The van der Waals surface area contributed by atoms with Gasteiger partial charge in [0.05, 0.1) is 12.3 Å². The van der Waals surface area contributed by atoms with E-state index in [4.69, 9.17) is 0 Å². The molecule has 0 fully saturated rings. The summed E-state index contributed by atoms with van der Waals surface area (Å²) in [4.78, 5) is 12.0. The van der Waals surface area contributed by atoms with E-state index in [2.05, 4.69) is 28.0 Å². The zero-order chi connectivity index (χ0) is 16.1. The lowest BCUT2D eigenvalue weighted by atomic mass is 9.90. The van der Waals surface area contributed by atoms with E-state index in [0.717, 1.165) is 41.8 Å². The summed E-state index contributed by atoms with van der Waals surface area (Å²) in [7, 11) is 0. The number of rotatable bonds is 4. The lowest BCUT2D eigenvalue weighted by Crippen LogP contribution is -2.28. The van der Waals surface area contributed by atoms with E-state index in [1.165, 1.54) is 5.56 Å². The third kappa shape index (κ3) is 3.77. The molecule has 1 aliphatic rings. The Balaban J connectivity index is 1.60. The fourth-order valence-electron chi connectivity index (χ4n) is 2.83. The van der Waals surface area contributed by atoms with E-state index < -0.39 is 0 Å². The number of anilines is 1. The summed E-state index contributed by atoms with van der Waals surface area (Å²) in [5.41, 5.74) is 8.20. The normalized spacial score (nSPS) is 15.1. The Hall–Kier alpha value is -2.62. The van der Waals surface area contributed by atoms with Crippen LogP contribution in [0, 0.1) is 6.92 Å². The molecule has 2 aromatic rings. The monoisotopic (exact) mass is 307 g/mol. The number of nitrogens with one attached hydrogen (secondary N) is 2. The van der Waals surface area contributed by atoms with Crippen molar-refractivity contribution in [2.75, 3.05) is 11.9 Å². The summed E-state index contributed by atoms with van der Waals surface area (Å²) in [6.07, 6.45) is 3.06. The number of hydrogen-bond donors (Lipinski definition) is 2. The van der Waals surface area contributed by atoms with Gasteiger partial charge in [-0.2, -0.15) is 5.10 Å². The molecule has 2 N–H and O–H groups in total. The second-order valence-corrected chi connectivity index (χ2v) is 5.77. The molecule has 0 atom stereocenters. The van der Waals surface area contributed by atoms with Crippen LogP contribution in [0.3, 0.4) is 0 Å². The molecule has 4 nitrogen and oxygen atoms in total. The number of nitrogens with zero attached hydrogens (tertiary/aromatic N) is 1. The Morgan fingerprint density at radius 2 is 1.87 bits per heavy atom. The highest BCUT2D eigenvalue weighted by Gasteiger charge is 2.15. The van der Waals surface area contributed by atoms with Crippen molar-refractivity contribution in [2.24, 2.45) is 5.10 Å². The number of aryl methyl sites for hydroxylation is 2. The molecule has 0 unspecified atom stereocenters. The summed E-state index contributed by atoms with van der Waals surface area (Å²) in [6.45, 7) is 2.22. The number of carbonyl (C=O) groups excluding carboxylic acids is 1. The SMILES string of the molecule is Cc1ccccc1NCC(=O)NN=C1CCCc2ccccc21. The average molecular weight is 307 g/mol. The van der Waals surface area contributed by atoms with Crippen LogP contribution in [0.25, 0.3) is 0 Å². The van der Waals surface area contributed by atoms with Gasteiger partial charge < -0.3 is 5.32 Å². The summed E-state index contributed by atoms with van der Waals surface area (Å²) < 4.78 is 0. The maximum atomic E-state index is 12.0. The van der Waals surface area contributed by atoms with E-state index in [0.29, 0.717) is 0 Å². The van der Waals surface area contributed by atoms with Gasteiger partial charge in [-0.15, -0.1) is 0 Å². The van der Waals surface area contributed by atoms with Crippen molar-refractivity contribution in [3.63, 3.8) is 0 Å². The van der Waals surface area contributed by atoms with Gasteiger partial charge in [-0.25, -0.2) is 5.43 Å². The third-order valence-electron chi connectivity index (χ3n) is 4.09. The van der Waals surface area contributed by atoms with Crippen LogP contribution in [-0.2, 0) is 11.2 Å². The van der Waals surface area contributed by atoms with Gasteiger partial charge in [0.15, 0.2) is 0 Å². The van der Waals surface area contributed by atoms with Crippen LogP contribution in [0.4, 0.5) is 5.69 Å². The van der Waals surface area contributed by atoms with Crippen LogP contribution in [0.1, 0.15) is 29.5 Å². The number of benzene rings is 2. The molecule has 0 saturated carbocycles. The first kappa shape index (κ1) is 15.3. The second-order valence-electron chi connectivity index (χ2n) is 5.77. The van der Waals surface area contributed by atoms with E-state index in [1.807, 2.05) is 43.3 Å². The molecule has 0 aliphatic heterocycles. The Morgan fingerprint density at radius 3 is 2.74 bits per heavy atom. The largest absolute Gasteiger partial charge is 0.376 e. The van der Waals surface area contributed by atoms with Crippen molar-refractivity contribution in [3.05, 3.63) is 65.2 Å². The van der Waals surface area contributed by atoms with Crippen LogP contribution in [0.2, 0.25) is 0 Å². The van der Waals surface area contributed by atoms with Crippen molar-refractivity contribution in [3.8, 4) is 0 Å². The number of hydrogen-bond acceptors (Lipinski definition) is 3. The predicted octanol–water partition coefficient (Wildman–Crippen LogP) is 3.26. The molecule has 118 valence electrons. The molecule has 0 bridgehead atoms. The van der Waals surface area contributed by atoms with Gasteiger partial charge in [0, 0.05) is 11.3 Å². The molecule has 1 aliphatic carbocycles. The predicted molar refractivity (Wildman–Crippen MR) is 93.7 cm³/mol. The topological polar surface area (TPSA) is 53.5 Å². The summed E-state index contributed by atoms with van der Waals surface area (Å²) >= 11 is 0. The van der Waals surface area contributed by atoms with Crippen LogP contribution in [-0.4, -0.2) is 18.2 Å². The van der Waals surface area contributed by atoms with Crippen LogP contribution < -0.4 is 10.7 Å². The minimum atomic E-state index is -0.135. The van der Waals surface area contributed by atoms with E-state index in [9.17, 15) is 4.79 Å². The van der Waals surface area contributed by atoms with Gasteiger partial charge in [-0.1, -0.05) is 42.5 Å². The number of para-hydroxylation sites is 1. The quantitative estimate of drug-likeness (QED) is 0.852. The molecular weight excluding hydrogens is 286 g/mol. The van der Waals surface area contributed by atoms with Crippen molar-refractivity contribution < 1.29 is 4.79 Å². The molecule has 1 amide bonds. The maximum absolute atomic E-state index is 12.0. The van der Waals surface area contributed by atoms with Gasteiger partial charge in [0.1, 0.15) is 0 Å². The van der Waals surface area contributed by atoms with Crippen molar-refractivity contribution >= 4 is 17.3 Å². The highest BCUT2D eigenvalue weighted by atomic mass is 16.2. The Morgan fingerprint density at radius 1 is 1.09 bits per heavy atom. The standard InChI is InChI=1S/C19H21N3O/c1-14-7-2-5-11-17(14)20-13-19(23)22-21-18-12-6-9-15-8-3-4-10-16(15)18/h2-5,7-8,10-11,20H,6,9,12-13H2,1H3,(H,22,23). The Kier molecular flexibility index (Phi) is 4.71. The van der Waals surface area contributed by atoms with Crippen LogP contribution in [0.15, 0.2) is 53.6 Å². The molecule has 2 aromatic carbocycles. The molecular formula is C19H21N3O. The zero-order valence-electron chi connectivity index (χ0n) is 13.3. The Bertz CT molecular complexity index is 737.